The summed E-state index contributed by atoms with van der Waals surface area (Å²) in [5, 5.41) is 4.85. The molecule has 0 atom stereocenters. The minimum Gasteiger partial charge on any atom is -0.367 e. The molecule has 1 aliphatic rings. The molecule has 4 aromatic rings. The van der Waals surface area contributed by atoms with Crippen molar-refractivity contribution in [2.24, 2.45) is 0 Å². The average molecular weight is 471 g/mol. The molecule has 6 heteroatoms. The van der Waals surface area contributed by atoms with E-state index in [1.54, 1.807) is 6.20 Å². The molecule has 5 nitrogen and oxygen atoms in total. The van der Waals surface area contributed by atoms with Crippen LogP contribution < -0.4 is 10.2 Å². The lowest BCUT2D eigenvalue weighted by Gasteiger charge is -2.37. The lowest BCUT2D eigenvalue weighted by molar-refractivity contribution is -0.115. The van der Waals surface area contributed by atoms with Crippen molar-refractivity contribution >= 4 is 39.8 Å². The molecule has 1 amide bonds. The van der Waals surface area contributed by atoms with E-state index >= 15 is 0 Å². The number of halogens is 1. The molecule has 3 aromatic carbocycles. The average Bonchev–Trinajstić information content (AvgIpc) is 2.87. The Morgan fingerprint density at radius 2 is 1.56 bits per heavy atom. The minimum absolute atomic E-state index is 0.0663. The number of anilines is 2. The molecule has 172 valence electrons. The molecule has 1 fully saturated rings. The van der Waals surface area contributed by atoms with Gasteiger partial charge in [-0.25, -0.2) is 0 Å². The van der Waals surface area contributed by atoms with Crippen molar-refractivity contribution in [3.63, 3.8) is 0 Å². The van der Waals surface area contributed by atoms with E-state index in [0.29, 0.717) is 5.02 Å². The summed E-state index contributed by atoms with van der Waals surface area (Å²) >= 11 is 5.98. The number of aromatic nitrogens is 1. The molecule has 1 aliphatic heterocycles. The number of benzene rings is 3. The summed E-state index contributed by atoms with van der Waals surface area (Å²) in [6.07, 6.45) is 2.07. The predicted molar refractivity (Wildman–Crippen MR) is 139 cm³/mol. The Morgan fingerprint density at radius 1 is 0.853 bits per heavy atom. The van der Waals surface area contributed by atoms with Crippen LogP contribution in [0.1, 0.15) is 11.1 Å². The number of fused-ring (bicyclic) bond motifs is 1. The summed E-state index contributed by atoms with van der Waals surface area (Å²) in [4.78, 5) is 22.4. The van der Waals surface area contributed by atoms with Crippen LogP contribution in [0, 0.1) is 0 Å². The Morgan fingerprint density at radius 3 is 2.32 bits per heavy atom. The lowest BCUT2D eigenvalue weighted by Crippen LogP contribution is -2.46. The van der Waals surface area contributed by atoms with Gasteiger partial charge in [-0.05, 0) is 29.3 Å². The molecule has 0 spiro atoms. The zero-order valence-corrected chi connectivity index (χ0v) is 19.7. The first kappa shape index (κ1) is 22.4. The fourth-order valence-electron chi connectivity index (χ4n) is 4.51. The quantitative estimate of drug-likeness (QED) is 0.410. The van der Waals surface area contributed by atoms with E-state index in [9.17, 15) is 4.79 Å². The fraction of sp³-hybridized carbons (Fsp3) is 0.214. The molecule has 1 saturated heterocycles. The number of nitrogens with one attached hydrogen (secondary N) is 1. The largest absolute Gasteiger partial charge is 0.367 e. The predicted octanol–water partition coefficient (Wildman–Crippen LogP) is 5.39. The van der Waals surface area contributed by atoms with Crippen LogP contribution in [0.2, 0.25) is 5.02 Å². The van der Waals surface area contributed by atoms with E-state index in [1.165, 1.54) is 5.56 Å². The first-order valence-electron chi connectivity index (χ1n) is 11.6. The molecule has 2 heterocycles. The van der Waals surface area contributed by atoms with Gasteiger partial charge in [0, 0.05) is 43.1 Å². The maximum absolute atomic E-state index is 12.9. The highest BCUT2D eigenvalue weighted by Gasteiger charge is 2.22. The highest BCUT2D eigenvalue weighted by Crippen LogP contribution is 2.34. The van der Waals surface area contributed by atoms with Gasteiger partial charge in [0.15, 0.2) is 0 Å². The van der Waals surface area contributed by atoms with Gasteiger partial charge in [-0.15, -0.1) is 0 Å². The molecular weight excluding hydrogens is 444 g/mol. The minimum atomic E-state index is -0.0663. The zero-order chi connectivity index (χ0) is 23.3. The van der Waals surface area contributed by atoms with E-state index in [-0.39, 0.29) is 12.3 Å². The Balaban J connectivity index is 1.35. The monoisotopic (exact) mass is 470 g/mol. The van der Waals surface area contributed by atoms with Gasteiger partial charge in [0.25, 0.3) is 0 Å². The van der Waals surface area contributed by atoms with Gasteiger partial charge in [0.1, 0.15) is 0 Å². The van der Waals surface area contributed by atoms with Gasteiger partial charge >= 0.3 is 0 Å². The maximum Gasteiger partial charge on any atom is 0.228 e. The molecule has 0 unspecified atom stereocenters. The third-order valence-electron chi connectivity index (χ3n) is 6.24. The Bertz CT molecular complexity index is 1270. The van der Waals surface area contributed by atoms with Gasteiger partial charge in [0.2, 0.25) is 5.91 Å². The molecule has 0 aliphatic carbocycles. The van der Waals surface area contributed by atoms with E-state index in [1.807, 2.05) is 42.5 Å². The van der Waals surface area contributed by atoms with Crippen molar-refractivity contribution in [3.8, 4) is 0 Å². The number of para-hydroxylation sites is 1. The number of hydrogen-bond donors (Lipinski definition) is 1. The van der Waals surface area contributed by atoms with Crippen molar-refractivity contribution in [1.29, 1.82) is 0 Å². The van der Waals surface area contributed by atoms with Crippen molar-refractivity contribution in [2.75, 3.05) is 36.4 Å². The number of pyridine rings is 1. The van der Waals surface area contributed by atoms with Gasteiger partial charge in [-0.3, -0.25) is 14.7 Å². The van der Waals surface area contributed by atoms with Crippen LogP contribution in [0.15, 0.2) is 85.1 Å². The van der Waals surface area contributed by atoms with Crippen LogP contribution in [0.25, 0.3) is 10.9 Å². The number of amides is 1. The summed E-state index contributed by atoms with van der Waals surface area (Å²) in [6, 6.07) is 26.1. The SMILES string of the molecule is O=C(Cc1ccc(Cl)cc1)Nc1cnc2ccccc2c1N1CCN(Cc2ccccc2)CC1. The summed E-state index contributed by atoms with van der Waals surface area (Å²) in [7, 11) is 0. The van der Waals surface area contributed by atoms with Crippen LogP contribution in [0.4, 0.5) is 11.4 Å². The van der Waals surface area contributed by atoms with E-state index in [2.05, 4.69) is 56.5 Å². The highest BCUT2D eigenvalue weighted by atomic mass is 35.5. The molecule has 1 aromatic heterocycles. The zero-order valence-electron chi connectivity index (χ0n) is 19.0. The van der Waals surface area contributed by atoms with Gasteiger partial charge in [-0.2, -0.15) is 0 Å². The molecule has 34 heavy (non-hydrogen) atoms. The van der Waals surface area contributed by atoms with Gasteiger partial charge < -0.3 is 10.2 Å². The summed E-state index contributed by atoms with van der Waals surface area (Å²) in [5.74, 6) is -0.0663. The second kappa shape index (κ2) is 10.2. The molecule has 0 saturated carbocycles. The number of rotatable bonds is 6. The van der Waals surface area contributed by atoms with E-state index < -0.39 is 0 Å². The third kappa shape index (κ3) is 5.22. The van der Waals surface area contributed by atoms with Crippen LogP contribution in [0.3, 0.4) is 0 Å². The first-order valence-corrected chi connectivity index (χ1v) is 12.0. The first-order chi connectivity index (χ1) is 16.7. The Hall–Kier alpha value is -3.41. The van der Waals surface area contributed by atoms with Crippen LogP contribution in [-0.4, -0.2) is 42.0 Å². The second-order valence-corrected chi connectivity index (χ2v) is 9.07. The van der Waals surface area contributed by atoms with Crippen LogP contribution in [0.5, 0.6) is 0 Å². The molecular formula is C28H27ClN4O. The van der Waals surface area contributed by atoms with Crippen molar-refractivity contribution < 1.29 is 4.79 Å². The molecule has 0 bridgehead atoms. The van der Waals surface area contributed by atoms with Crippen LogP contribution in [-0.2, 0) is 17.8 Å². The number of carbonyl (C=O) groups excluding carboxylic acids is 1. The van der Waals surface area contributed by atoms with Gasteiger partial charge in [-0.1, -0.05) is 72.3 Å². The fourth-order valence-corrected chi connectivity index (χ4v) is 4.64. The normalized spacial score (nSPS) is 14.3. The third-order valence-corrected chi connectivity index (χ3v) is 6.49. The Kier molecular flexibility index (Phi) is 6.74. The van der Waals surface area contributed by atoms with Crippen molar-refractivity contribution in [2.45, 2.75) is 13.0 Å². The Labute approximate surface area is 205 Å². The number of carbonyl (C=O) groups is 1. The maximum atomic E-state index is 12.9. The molecule has 0 radical (unpaired) electrons. The van der Waals surface area contributed by atoms with Crippen molar-refractivity contribution in [3.05, 3.63) is 101 Å². The van der Waals surface area contributed by atoms with E-state index in [0.717, 1.165) is 60.6 Å². The standard InChI is InChI=1S/C28H27ClN4O/c29-23-12-10-21(11-13-23)18-27(34)31-26-19-30-25-9-5-4-8-24(25)28(26)33-16-14-32(15-17-33)20-22-6-2-1-3-7-22/h1-13,19H,14-18,20H2,(H,31,34). The van der Waals surface area contributed by atoms with Crippen molar-refractivity contribution in [1.82, 2.24) is 9.88 Å². The lowest BCUT2D eigenvalue weighted by atomic mass is 10.1. The summed E-state index contributed by atoms with van der Waals surface area (Å²) in [6.45, 7) is 4.66. The number of hydrogen-bond acceptors (Lipinski definition) is 4. The molecule has 1 N–H and O–H groups in total. The highest BCUT2D eigenvalue weighted by molar-refractivity contribution is 6.30. The van der Waals surface area contributed by atoms with E-state index in [4.69, 9.17) is 11.6 Å². The molecule has 5 rings (SSSR count). The smallest absolute Gasteiger partial charge is 0.228 e. The number of nitrogens with zero attached hydrogens (tertiary/aromatic N) is 3. The number of piperazine rings is 1. The topological polar surface area (TPSA) is 48.5 Å². The summed E-state index contributed by atoms with van der Waals surface area (Å²) < 4.78 is 0. The van der Waals surface area contributed by atoms with Gasteiger partial charge in [0.05, 0.1) is 29.5 Å². The van der Waals surface area contributed by atoms with Crippen LogP contribution >= 0.6 is 11.6 Å². The second-order valence-electron chi connectivity index (χ2n) is 8.64. The summed E-state index contributed by atoms with van der Waals surface area (Å²) in [5.41, 5.74) is 5.00.